The third-order valence-electron chi connectivity index (χ3n) is 6.14. The van der Waals surface area contributed by atoms with Gasteiger partial charge in [0.15, 0.2) is 21.3 Å². The van der Waals surface area contributed by atoms with Crippen molar-refractivity contribution in [3.63, 3.8) is 0 Å². The Balaban J connectivity index is 1.45. The number of hydrogen-bond donors (Lipinski definition) is 0. The van der Waals surface area contributed by atoms with E-state index in [9.17, 15) is 12.8 Å². The number of anilines is 2. The molecule has 5 rings (SSSR count). The highest BCUT2D eigenvalue weighted by Gasteiger charge is 2.51. The second-order valence-corrected chi connectivity index (χ2v) is 10.4. The van der Waals surface area contributed by atoms with Gasteiger partial charge in [-0.25, -0.2) is 13.4 Å². The van der Waals surface area contributed by atoms with Crippen LogP contribution in [0, 0.1) is 5.92 Å². The molecule has 10 heteroatoms. The van der Waals surface area contributed by atoms with Crippen LogP contribution in [0.3, 0.4) is 0 Å². The molecule has 0 aliphatic carbocycles. The Morgan fingerprint density at radius 1 is 1.29 bits per heavy atom. The third-order valence-corrected chi connectivity index (χ3v) is 7.92. The van der Waals surface area contributed by atoms with E-state index in [0.29, 0.717) is 49.3 Å². The van der Waals surface area contributed by atoms with Crippen LogP contribution in [-0.2, 0) is 21.1 Å². The molecule has 4 aliphatic rings. The van der Waals surface area contributed by atoms with Gasteiger partial charge in [-0.3, -0.25) is 4.39 Å². The standard InChI is InChI=1S/C18H24FN5O3S/c1-12-8-18(27-22-12)10-24(11-18)16-15-14(4-7-28(15,25)26)20-17(21-16)23-6-3-13(9-23)2-5-19/h13H,2-11H2,1H3. The second kappa shape index (κ2) is 6.27. The molecule has 2 fully saturated rings. The summed E-state index contributed by atoms with van der Waals surface area (Å²) < 4.78 is 38.0. The quantitative estimate of drug-likeness (QED) is 0.742. The van der Waals surface area contributed by atoms with E-state index in [1.807, 2.05) is 11.8 Å². The zero-order valence-corrected chi connectivity index (χ0v) is 16.7. The average molecular weight is 409 g/mol. The van der Waals surface area contributed by atoms with E-state index in [1.165, 1.54) is 0 Å². The second-order valence-electron chi connectivity index (χ2n) is 8.40. The Morgan fingerprint density at radius 3 is 2.82 bits per heavy atom. The Labute approximate surface area is 163 Å². The first-order valence-corrected chi connectivity index (χ1v) is 11.5. The lowest BCUT2D eigenvalue weighted by molar-refractivity contribution is -0.0398. The summed E-state index contributed by atoms with van der Waals surface area (Å²) in [7, 11) is -3.37. The number of fused-ring (bicyclic) bond motifs is 1. The summed E-state index contributed by atoms with van der Waals surface area (Å²) in [5.41, 5.74) is 1.20. The first-order valence-electron chi connectivity index (χ1n) is 9.80. The summed E-state index contributed by atoms with van der Waals surface area (Å²) >= 11 is 0. The van der Waals surface area contributed by atoms with E-state index in [-0.39, 0.29) is 22.9 Å². The molecule has 8 nitrogen and oxygen atoms in total. The fraction of sp³-hybridized carbons (Fsp3) is 0.722. The smallest absolute Gasteiger partial charge is 0.227 e. The van der Waals surface area contributed by atoms with Gasteiger partial charge in [-0.1, -0.05) is 5.16 Å². The van der Waals surface area contributed by atoms with Crippen molar-refractivity contribution >= 4 is 27.3 Å². The maximum Gasteiger partial charge on any atom is 0.227 e. The molecule has 0 radical (unpaired) electrons. The molecule has 5 heterocycles. The Kier molecular flexibility index (Phi) is 4.05. The average Bonchev–Trinajstić information content (AvgIpc) is 3.32. The predicted molar refractivity (Wildman–Crippen MR) is 102 cm³/mol. The number of aryl methyl sites for hydroxylation is 1. The number of sulfone groups is 1. The van der Waals surface area contributed by atoms with E-state index in [2.05, 4.69) is 20.0 Å². The highest BCUT2D eigenvalue weighted by atomic mass is 32.2. The third kappa shape index (κ3) is 2.84. The minimum Gasteiger partial charge on any atom is -0.385 e. The van der Waals surface area contributed by atoms with Gasteiger partial charge in [-0.15, -0.1) is 0 Å². The van der Waals surface area contributed by atoms with Crippen molar-refractivity contribution in [1.29, 1.82) is 0 Å². The van der Waals surface area contributed by atoms with Crippen molar-refractivity contribution in [2.75, 3.05) is 48.4 Å². The van der Waals surface area contributed by atoms with Gasteiger partial charge in [0.05, 0.1) is 36.9 Å². The van der Waals surface area contributed by atoms with Crippen LogP contribution in [0.15, 0.2) is 10.1 Å². The van der Waals surface area contributed by atoms with E-state index in [1.54, 1.807) is 0 Å². The summed E-state index contributed by atoms with van der Waals surface area (Å²) in [6.45, 7) is 4.24. The summed E-state index contributed by atoms with van der Waals surface area (Å²) in [6, 6.07) is 0. The number of aromatic nitrogens is 2. The van der Waals surface area contributed by atoms with Gasteiger partial charge in [0, 0.05) is 25.9 Å². The van der Waals surface area contributed by atoms with Gasteiger partial charge < -0.3 is 14.6 Å². The first-order chi connectivity index (χ1) is 13.4. The molecule has 1 unspecified atom stereocenters. The van der Waals surface area contributed by atoms with Crippen LogP contribution in [0.25, 0.3) is 0 Å². The van der Waals surface area contributed by atoms with Crippen LogP contribution >= 0.6 is 0 Å². The van der Waals surface area contributed by atoms with Crippen molar-refractivity contribution in [2.24, 2.45) is 11.1 Å². The van der Waals surface area contributed by atoms with Crippen LogP contribution < -0.4 is 9.80 Å². The fourth-order valence-electron chi connectivity index (χ4n) is 4.73. The lowest BCUT2D eigenvalue weighted by atomic mass is 9.89. The topological polar surface area (TPSA) is 88.0 Å². The van der Waals surface area contributed by atoms with E-state index < -0.39 is 9.84 Å². The van der Waals surface area contributed by atoms with E-state index in [4.69, 9.17) is 4.84 Å². The molecule has 0 bridgehead atoms. The Morgan fingerprint density at radius 2 is 2.11 bits per heavy atom. The molecule has 1 spiro atoms. The van der Waals surface area contributed by atoms with Crippen molar-refractivity contribution in [1.82, 2.24) is 9.97 Å². The maximum absolute atomic E-state index is 12.7. The number of nitrogens with zero attached hydrogens (tertiary/aromatic N) is 5. The fourth-order valence-corrected chi connectivity index (χ4v) is 6.35. The van der Waals surface area contributed by atoms with E-state index >= 15 is 0 Å². The molecule has 1 atom stereocenters. The molecule has 1 aromatic heterocycles. The van der Waals surface area contributed by atoms with Crippen molar-refractivity contribution in [2.45, 2.75) is 43.1 Å². The van der Waals surface area contributed by atoms with Gasteiger partial charge >= 0.3 is 0 Å². The SMILES string of the molecule is CC1=NOC2(C1)CN(c1nc(N3CCC(CCF)C3)nc3c1S(=O)(=O)CC3)C2. The van der Waals surface area contributed by atoms with Gasteiger partial charge in [-0.05, 0) is 25.7 Å². The highest BCUT2D eigenvalue weighted by molar-refractivity contribution is 7.91. The molecule has 0 saturated carbocycles. The number of oxime groups is 1. The van der Waals surface area contributed by atoms with Gasteiger partial charge in [-0.2, -0.15) is 4.98 Å². The number of halogens is 1. The predicted octanol–water partition coefficient (Wildman–Crippen LogP) is 1.35. The van der Waals surface area contributed by atoms with Crippen LogP contribution in [-0.4, -0.2) is 68.3 Å². The van der Waals surface area contributed by atoms with Crippen molar-refractivity contribution < 1.29 is 17.6 Å². The zero-order valence-electron chi connectivity index (χ0n) is 15.9. The number of alkyl halides is 1. The normalized spacial score (nSPS) is 26.9. The molecule has 0 amide bonds. The number of hydrogen-bond acceptors (Lipinski definition) is 8. The first kappa shape index (κ1) is 18.1. The van der Waals surface area contributed by atoms with Crippen LogP contribution in [0.2, 0.25) is 0 Å². The molecular weight excluding hydrogens is 385 g/mol. The highest BCUT2D eigenvalue weighted by Crippen LogP contribution is 2.42. The minimum atomic E-state index is -3.37. The molecule has 4 aliphatic heterocycles. The lowest BCUT2D eigenvalue weighted by Gasteiger charge is -2.46. The maximum atomic E-state index is 12.7. The van der Waals surface area contributed by atoms with Crippen molar-refractivity contribution in [3.05, 3.63) is 5.69 Å². The van der Waals surface area contributed by atoms with E-state index in [0.717, 1.165) is 31.6 Å². The zero-order chi connectivity index (χ0) is 19.5. The Bertz CT molecular complexity index is 945. The molecule has 152 valence electrons. The molecule has 0 N–H and O–H groups in total. The van der Waals surface area contributed by atoms with Crippen LogP contribution in [0.4, 0.5) is 16.2 Å². The van der Waals surface area contributed by atoms with Gasteiger partial charge in [0.25, 0.3) is 0 Å². The monoisotopic (exact) mass is 409 g/mol. The van der Waals surface area contributed by atoms with Gasteiger partial charge in [0.1, 0.15) is 4.90 Å². The molecule has 0 aromatic carbocycles. The summed E-state index contributed by atoms with van der Waals surface area (Å²) in [5.74, 6) is 1.43. The summed E-state index contributed by atoms with van der Waals surface area (Å²) in [4.78, 5) is 19.2. The van der Waals surface area contributed by atoms with Crippen LogP contribution in [0.1, 0.15) is 31.9 Å². The Hall–Kier alpha value is -1.97. The molecule has 28 heavy (non-hydrogen) atoms. The molecule has 1 aromatic rings. The number of rotatable bonds is 4. The largest absolute Gasteiger partial charge is 0.385 e. The van der Waals surface area contributed by atoms with Crippen LogP contribution in [0.5, 0.6) is 0 Å². The van der Waals surface area contributed by atoms with Crippen molar-refractivity contribution in [3.8, 4) is 0 Å². The lowest BCUT2D eigenvalue weighted by Crippen LogP contribution is -2.62. The summed E-state index contributed by atoms with van der Waals surface area (Å²) in [5, 5.41) is 4.05. The molecule has 2 saturated heterocycles. The minimum absolute atomic E-state index is 0.0790. The molecular formula is C18H24FN5O3S. The summed E-state index contributed by atoms with van der Waals surface area (Å²) in [6.07, 6.45) is 2.64. The van der Waals surface area contributed by atoms with Gasteiger partial charge in [0.2, 0.25) is 5.95 Å².